The van der Waals surface area contributed by atoms with Gasteiger partial charge in [0.2, 0.25) is 0 Å². The standard InChI is InChI=1S/C32H24N2O13S4/c1-18-4-2-3-5-23(18)32-24-14-30(50(41,42)43)26(33-19-6-10-21(11-7-19)48(35,36)37)16-28(24)47-29-17-27(31(15-25(29)32)51(44,45)46)34-20-8-12-22(13-9-20)49(38,39)40/h2-17,33H,1H3,(H,35,36,37)(H,38,39,40)(H,41,42,43)(H,44,45,46). The van der Waals surface area contributed by atoms with Crippen LogP contribution in [-0.4, -0.2) is 51.9 Å². The van der Waals surface area contributed by atoms with E-state index in [1.54, 1.807) is 31.2 Å². The van der Waals surface area contributed by atoms with E-state index in [4.69, 9.17) is 4.42 Å². The highest BCUT2D eigenvalue weighted by Crippen LogP contribution is 2.44. The van der Waals surface area contributed by atoms with Crippen molar-refractivity contribution in [1.29, 1.82) is 0 Å². The molecule has 1 aliphatic carbocycles. The number of hydrogen-bond acceptors (Lipinski definition) is 11. The number of hydrogen-bond donors (Lipinski definition) is 5. The van der Waals surface area contributed by atoms with Gasteiger partial charge in [-0.3, -0.25) is 18.2 Å². The molecule has 0 amide bonds. The van der Waals surface area contributed by atoms with Gasteiger partial charge in [-0.25, -0.2) is 4.99 Å². The van der Waals surface area contributed by atoms with Gasteiger partial charge in [0, 0.05) is 34.3 Å². The Bertz CT molecular complexity index is 2870. The lowest BCUT2D eigenvalue weighted by molar-refractivity contribution is 0.480. The summed E-state index contributed by atoms with van der Waals surface area (Å²) in [5.41, 5.74) is 1.52. The van der Waals surface area contributed by atoms with Crippen molar-refractivity contribution in [2.75, 3.05) is 5.32 Å². The third kappa shape index (κ3) is 7.41. The number of nitrogens with one attached hydrogen (secondary N) is 1. The number of aryl methyl sites for hydroxylation is 1. The minimum absolute atomic E-state index is 0.00419. The quantitative estimate of drug-likeness (QED) is 0.0949. The summed E-state index contributed by atoms with van der Waals surface area (Å²) in [6.07, 6.45) is 0. The molecule has 15 nitrogen and oxygen atoms in total. The summed E-state index contributed by atoms with van der Waals surface area (Å²) in [5, 5.41) is 2.57. The summed E-state index contributed by atoms with van der Waals surface area (Å²) in [6, 6.07) is 20.5. The van der Waals surface area contributed by atoms with Gasteiger partial charge >= 0.3 is 0 Å². The van der Waals surface area contributed by atoms with E-state index in [1.165, 1.54) is 36.4 Å². The molecule has 0 bridgehead atoms. The zero-order valence-electron chi connectivity index (χ0n) is 25.8. The summed E-state index contributed by atoms with van der Waals surface area (Å²) in [5.74, 6) is 0.00419. The Kier molecular flexibility index (Phi) is 8.89. The highest BCUT2D eigenvalue weighted by atomic mass is 32.2. The Morgan fingerprint density at radius 2 is 1.18 bits per heavy atom. The molecule has 0 radical (unpaired) electrons. The minimum Gasteiger partial charge on any atom is -0.456 e. The van der Waals surface area contributed by atoms with Crippen molar-refractivity contribution >= 4 is 68.5 Å². The molecule has 0 aromatic heterocycles. The molecule has 264 valence electrons. The van der Waals surface area contributed by atoms with Crippen LogP contribution >= 0.6 is 0 Å². The van der Waals surface area contributed by atoms with Crippen molar-refractivity contribution in [2.45, 2.75) is 26.5 Å². The van der Waals surface area contributed by atoms with E-state index >= 15 is 0 Å². The second-order valence-electron chi connectivity index (χ2n) is 11.1. The van der Waals surface area contributed by atoms with Gasteiger partial charge < -0.3 is 9.73 Å². The number of anilines is 2. The van der Waals surface area contributed by atoms with Crippen LogP contribution in [0.4, 0.5) is 17.1 Å². The Labute approximate surface area is 290 Å². The molecule has 4 aromatic rings. The third-order valence-corrected chi connectivity index (χ3v) is 11.2. The highest BCUT2D eigenvalue weighted by molar-refractivity contribution is 7.86. The van der Waals surface area contributed by atoms with E-state index in [9.17, 15) is 51.9 Å². The molecule has 2 aliphatic rings. The van der Waals surface area contributed by atoms with Gasteiger partial charge in [-0.15, -0.1) is 0 Å². The van der Waals surface area contributed by atoms with Crippen LogP contribution in [0.5, 0.6) is 0 Å². The molecule has 5 N–H and O–H groups in total. The van der Waals surface area contributed by atoms with Crippen molar-refractivity contribution in [1.82, 2.24) is 0 Å². The zero-order valence-corrected chi connectivity index (χ0v) is 29.0. The topological polar surface area (TPSA) is 255 Å². The molecule has 1 heterocycles. The number of nitrogens with zero attached hydrogens (tertiary/aromatic N) is 1. The van der Waals surface area contributed by atoms with E-state index < -0.39 is 60.1 Å². The van der Waals surface area contributed by atoms with Gasteiger partial charge in [0.05, 0.1) is 26.5 Å². The summed E-state index contributed by atoms with van der Waals surface area (Å²) >= 11 is 0. The van der Waals surface area contributed by atoms with Gasteiger partial charge in [0.15, 0.2) is 0 Å². The van der Waals surface area contributed by atoms with Crippen molar-refractivity contribution < 1.29 is 56.3 Å². The van der Waals surface area contributed by atoms with Gasteiger partial charge in [-0.2, -0.15) is 33.7 Å². The van der Waals surface area contributed by atoms with E-state index in [-0.39, 0.29) is 50.3 Å². The largest absolute Gasteiger partial charge is 0.456 e. The van der Waals surface area contributed by atoms with Crippen LogP contribution in [0.2, 0.25) is 0 Å². The normalized spacial score (nSPS) is 13.2. The molecule has 0 unspecified atom stereocenters. The molecule has 0 spiro atoms. The number of benzene rings is 5. The zero-order chi connectivity index (χ0) is 37.1. The maximum absolute atomic E-state index is 12.7. The first kappa shape index (κ1) is 35.8. The minimum atomic E-state index is -4.99. The lowest BCUT2D eigenvalue weighted by atomic mass is 9.91. The fourth-order valence-electron chi connectivity index (χ4n) is 5.38. The van der Waals surface area contributed by atoms with E-state index in [1.807, 2.05) is 0 Å². The highest BCUT2D eigenvalue weighted by Gasteiger charge is 2.27. The number of rotatable bonds is 8. The average Bonchev–Trinajstić information content (AvgIpc) is 3.02. The molecule has 0 fully saturated rings. The molecular formula is C32H24N2O13S4. The van der Waals surface area contributed by atoms with Crippen LogP contribution in [0.15, 0.2) is 126 Å². The predicted octanol–water partition coefficient (Wildman–Crippen LogP) is 5.48. The number of fused-ring (bicyclic) bond motifs is 2. The van der Waals surface area contributed by atoms with Crippen molar-refractivity contribution in [3.8, 4) is 22.5 Å². The summed E-state index contributed by atoms with van der Waals surface area (Å²) in [7, 11) is -19.0. The maximum Gasteiger partial charge on any atom is 0.296 e. The van der Waals surface area contributed by atoms with Crippen molar-refractivity contribution in [3.05, 3.63) is 108 Å². The molecule has 4 aromatic carbocycles. The first-order valence-electron chi connectivity index (χ1n) is 14.3. The average molecular weight is 773 g/mol. The van der Waals surface area contributed by atoms with Crippen molar-refractivity contribution in [2.24, 2.45) is 4.99 Å². The lowest BCUT2D eigenvalue weighted by Gasteiger charge is -2.19. The molecule has 0 saturated heterocycles. The fraction of sp³-hybridized carbons (Fsp3) is 0.0312. The van der Waals surface area contributed by atoms with E-state index in [0.717, 1.165) is 36.4 Å². The molecule has 1 aliphatic heterocycles. The van der Waals surface area contributed by atoms with Gasteiger partial charge in [-0.05, 0) is 78.7 Å². The Hall–Kier alpha value is -4.99. The van der Waals surface area contributed by atoms with Crippen LogP contribution in [0.3, 0.4) is 0 Å². The fourth-order valence-corrected chi connectivity index (χ4v) is 7.63. The Morgan fingerprint density at radius 1 is 0.608 bits per heavy atom. The summed E-state index contributed by atoms with van der Waals surface area (Å²) < 4.78 is 142. The van der Waals surface area contributed by atoms with Crippen LogP contribution in [0.1, 0.15) is 5.56 Å². The molecule has 51 heavy (non-hydrogen) atoms. The molecule has 0 atom stereocenters. The first-order chi connectivity index (χ1) is 23.7. The molecule has 6 rings (SSSR count). The van der Waals surface area contributed by atoms with Crippen molar-refractivity contribution in [3.63, 3.8) is 0 Å². The van der Waals surface area contributed by atoms with Gasteiger partial charge in [-0.1, -0.05) is 24.3 Å². The van der Waals surface area contributed by atoms with Crippen LogP contribution in [0, 0.1) is 6.92 Å². The van der Waals surface area contributed by atoms with E-state index in [2.05, 4.69) is 10.3 Å². The van der Waals surface area contributed by atoms with Gasteiger partial charge in [0.1, 0.15) is 21.1 Å². The van der Waals surface area contributed by atoms with Crippen LogP contribution in [0.25, 0.3) is 33.4 Å². The third-order valence-electron chi connectivity index (χ3n) is 7.69. The summed E-state index contributed by atoms with van der Waals surface area (Å²) in [6.45, 7) is 1.75. The Balaban J connectivity index is 1.69. The second-order valence-corrected chi connectivity index (χ2v) is 16.7. The van der Waals surface area contributed by atoms with Gasteiger partial charge in [0.25, 0.3) is 40.5 Å². The summed E-state index contributed by atoms with van der Waals surface area (Å²) in [4.78, 5) is 2.08. The molecular weight excluding hydrogens is 749 g/mol. The lowest BCUT2D eigenvalue weighted by Crippen LogP contribution is -2.16. The maximum atomic E-state index is 12.7. The van der Waals surface area contributed by atoms with Crippen LogP contribution in [-0.2, 0) is 40.5 Å². The van der Waals surface area contributed by atoms with Crippen LogP contribution < -0.4 is 10.7 Å². The monoisotopic (exact) mass is 772 g/mol. The Morgan fingerprint density at radius 3 is 1.73 bits per heavy atom. The smallest absolute Gasteiger partial charge is 0.296 e. The molecule has 0 saturated carbocycles. The second kappa shape index (κ2) is 12.7. The predicted molar refractivity (Wildman–Crippen MR) is 184 cm³/mol. The van der Waals surface area contributed by atoms with E-state index in [0.29, 0.717) is 11.1 Å². The SMILES string of the molecule is Cc1ccccc1-c1c2cc(S(=O)(=O)O)c(=Nc3ccc(S(=O)(=O)O)cc3)cc-2oc2cc(Nc3ccc(S(=O)(=O)O)cc3)c(S(=O)(=O)O)cc12. The molecule has 19 heteroatoms. The first-order valence-corrected chi connectivity index (χ1v) is 20.0.